The monoisotopic (exact) mass is 261 g/mol. The molecule has 1 aromatic rings. The van der Waals surface area contributed by atoms with Crippen LogP contribution in [0.1, 0.15) is 31.2 Å². The van der Waals surface area contributed by atoms with Crippen LogP contribution in [0.4, 0.5) is 0 Å². The second-order valence-electron chi connectivity index (χ2n) is 4.40. The van der Waals surface area contributed by atoms with Crippen LogP contribution in [0.2, 0.25) is 5.02 Å². The zero-order chi connectivity index (χ0) is 11.3. The molecule has 1 rings (SSSR count). The first-order chi connectivity index (χ1) is 7.09. The van der Waals surface area contributed by atoms with Crippen molar-refractivity contribution >= 4 is 24.0 Å². The molecule has 1 unspecified atom stereocenters. The molecule has 0 spiro atoms. The number of halogens is 2. The van der Waals surface area contributed by atoms with Crippen molar-refractivity contribution in [3.63, 3.8) is 0 Å². The molecule has 0 fully saturated rings. The number of benzene rings is 1. The Kier molecular flexibility index (Phi) is 7.82. The molecule has 3 heteroatoms. The molecule has 0 aliphatic carbocycles. The van der Waals surface area contributed by atoms with Gasteiger partial charge in [0.15, 0.2) is 0 Å². The molecule has 1 aromatic carbocycles. The fourth-order valence-electron chi connectivity index (χ4n) is 1.67. The molecule has 0 N–H and O–H groups in total. The first-order valence-corrected chi connectivity index (χ1v) is 5.87. The summed E-state index contributed by atoms with van der Waals surface area (Å²) in [6.07, 6.45) is 2.48. The Morgan fingerprint density at radius 3 is 2.25 bits per heavy atom. The van der Waals surface area contributed by atoms with E-state index in [2.05, 4.69) is 38.1 Å². The Balaban J connectivity index is 0.00000225. The summed E-state index contributed by atoms with van der Waals surface area (Å²) >= 11 is 5.86. The maximum atomic E-state index is 5.86. The van der Waals surface area contributed by atoms with Crippen molar-refractivity contribution in [1.82, 2.24) is 4.90 Å². The van der Waals surface area contributed by atoms with Crippen LogP contribution in [0.5, 0.6) is 0 Å². The normalized spacial score (nSPS) is 12.3. The minimum Gasteiger partial charge on any atom is -0.309 e. The molecule has 92 valence electrons. The van der Waals surface area contributed by atoms with Crippen molar-refractivity contribution in [3.8, 4) is 0 Å². The highest BCUT2D eigenvalue weighted by Gasteiger charge is 2.05. The molecule has 0 aliphatic rings. The smallest absolute Gasteiger partial charge is 0.0406 e. The molecule has 0 saturated carbocycles. The second kappa shape index (κ2) is 7.94. The molecular formula is C13H21Cl2N. The standard InChI is InChI=1S/C13H20ClN.ClH/c1-11(5-4-10-15(2)3)12-6-8-13(14)9-7-12;/h6-9,11H,4-5,10H2,1-3H3;1H. The van der Waals surface area contributed by atoms with E-state index >= 15 is 0 Å². The van der Waals surface area contributed by atoms with E-state index in [-0.39, 0.29) is 12.4 Å². The maximum Gasteiger partial charge on any atom is 0.0406 e. The van der Waals surface area contributed by atoms with Gasteiger partial charge in [-0.2, -0.15) is 0 Å². The van der Waals surface area contributed by atoms with E-state index in [4.69, 9.17) is 11.6 Å². The van der Waals surface area contributed by atoms with Gasteiger partial charge in [0.05, 0.1) is 0 Å². The SMILES string of the molecule is CC(CCCN(C)C)c1ccc(Cl)cc1.Cl. The summed E-state index contributed by atoms with van der Waals surface area (Å²) in [6.45, 7) is 3.44. The van der Waals surface area contributed by atoms with Gasteiger partial charge in [0.25, 0.3) is 0 Å². The quantitative estimate of drug-likeness (QED) is 0.768. The third-order valence-corrected chi connectivity index (χ3v) is 2.93. The molecule has 0 amide bonds. The van der Waals surface area contributed by atoms with E-state index in [1.807, 2.05) is 12.1 Å². The van der Waals surface area contributed by atoms with Crippen molar-refractivity contribution in [2.45, 2.75) is 25.7 Å². The van der Waals surface area contributed by atoms with Gasteiger partial charge in [-0.05, 0) is 57.1 Å². The Hall–Kier alpha value is -0.240. The topological polar surface area (TPSA) is 3.24 Å². The lowest BCUT2D eigenvalue weighted by atomic mass is 9.96. The molecule has 1 nitrogen and oxygen atoms in total. The van der Waals surface area contributed by atoms with Crippen LogP contribution in [0.3, 0.4) is 0 Å². The van der Waals surface area contributed by atoms with Crippen LogP contribution < -0.4 is 0 Å². The zero-order valence-electron chi connectivity index (χ0n) is 10.2. The summed E-state index contributed by atoms with van der Waals surface area (Å²) in [4.78, 5) is 2.23. The van der Waals surface area contributed by atoms with Gasteiger partial charge < -0.3 is 4.90 Å². The van der Waals surface area contributed by atoms with E-state index in [0.29, 0.717) is 5.92 Å². The van der Waals surface area contributed by atoms with Crippen molar-refractivity contribution in [3.05, 3.63) is 34.9 Å². The van der Waals surface area contributed by atoms with Crippen LogP contribution in [0, 0.1) is 0 Å². The summed E-state index contributed by atoms with van der Waals surface area (Å²) in [5, 5.41) is 0.819. The van der Waals surface area contributed by atoms with Crippen molar-refractivity contribution < 1.29 is 0 Å². The summed E-state index contributed by atoms with van der Waals surface area (Å²) in [7, 11) is 4.24. The fourth-order valence-corrected chi connectivity index (χ4v) is 1.80. The third kappa shape index (κ3) is 5.74. The minimum absolute atomic E-state index is 0. The van der Waals surface area contributed by atoms with Crippen LogP contribution in [-0.2, 0) is 0 Å². The average molecular weight is 262 g/mol. The van der Waals surface area contributed by atoms with E-state index in [9.17, 15) is 0 Å². The van der Waals surface area contributed by atoms with Crippen LogP contribution in [-0.4, -0.2) is 25.5 Å². The van der Waals surface area contributed by atoms with E-state index in [1.165, 1.54) is 18.4 Å². The predicted octanol–water partition coefficient (Wildman–Crippen LogP) is 4.21. The molecule has 1 atom stereocenters. The Morgan fingerprint density at radius 1 is 1.19 bits per heavy atom. The van der Waals surface area contributed by atoms with Gasteiger partial charge in [-0.25, -0.2) is 0 Å². The third-order valence-electron chi connectivity index (χ3n) is 2.68. The van der Waals surface area contributed by atoms with Gasteiger partial charge in [0.1, 0.15) is 0 Å². The number of rotatable bonds is 5. The summed E-state index contributed by atoms with van der Waals surface area (Å²) in [5.74, 6) is 0.627. The number of hydrogen-bond donors (Lipinski definition) is 0. The van der Waals surface area contributed by atoms with Crippen LogP contribution in [0.25, 0.3) is 0 Å². The lowest BCUT2D eigenvalue weighted by Gasteiger charge is -2.14. The van der Waals surface area contributed by atoms with Crippen LogP contribution >= 0.6 is 24.0 Å². The summed E-state index contributed by atoms with van der Waals surface area (Å²) in [6, 6.07) is 8.20. The van der Waals surface area contributed by atoms with Crippen molar-refractivity contribution in [2.24, 2.45) is 0 Å². The Labute approximate surface area is 110 Å². The summed E-state index contributed by atoms with van der Waals surface area (Å²) in [5.41, 5.74) is 1.39. The van der Waals surface area contributed by atoms with Crippen molar-refractivity contribution in [1.29, 1.82) is 0 Å². The highest BCUT2D eigenvalue weighted by Crippen LogP contribution is 2.22. The minimum atomic E-state index is 0. The molecule has 0 aromatic heterocycles. The molecule has 0 bridgehead atoms. The maximum absolute atomic E-state index is 5.86. The Bertz CT molecular complexity index is 282. The largest absolute Gasteiger partial charge is 0.309 e. The summed E-state index contributed by atoms with van der Waals surface area (Å²) < 4.78 is 0. The first-order valence-electron chi connectivity index (χ1n) is 5.50. The zero-order valence-corrected chi connectivity index (χ0v) is 11.8. The molecule has 0 heterocycles. The van der Waals surface area contributed by atoms with E-state index in [0.717, 1.165) is 11.6 Å². The van der Waals surface area contributed by atoms with Gasteiger partial charge in [-0.15, -0.1) is 12.4 Å². The lowest BCUT2D eigenvalue weighted by molar-refractivity contribution is 0.387. The highest BCUT2D eigenvalue weighted by molar-refractivity contribution is 6.30. The molecule has 0 saturated heterocycles. The number of hydrogen-bond acceptors (Lipinski definition) is 1. The van der Waals surface area contributed by atoms with Gasteiger partial charge in [-0.1, -0.05) is 30.7 Å². The van der Waals surface area contributed by atoms with Gasteiger partial charge in [0, 0.05) is 5.02 Å². The molecule has 0 radical (unpaired) electrons. The van der Waals surface area contributed by atoms with Gasteiger partial charge in [0.2, 0.25) is 0 Å². The molecular weight excluding hydrogens is 241 g/mol. The molecule has 0 aliphatic heterocycles. The van der Waals surface area contributed by atoms with Crippen molar-refractivity contribution in [2.75, 3.05) is 20.6 Å². The highest BCUT2D eigenvalue weighted by atomic mass is 35.5. The lowest BCUT2D eigenvalue weighted by Crippen LogP contribution is -2.13. The van der Waals surface area contributed by atoms with Gasteiger partial charge in [-0.3, -0.25) is 0 Å². The predicted molar refractivity (Wildman–Crippen MR) is 74.9 cm³/mol. The Morgan fingerprint density at radius 2 is 1.75 bits per heavy atom. The van der Waals surface area contributed by atoms with E-state index in [1.54, 1.807) is 0 Å². The fraction of sp³-hybridized carbons (Fsp3) is 0.538. The van der Waals surface area contributed by atoms with Crippen LogP contribution in [0.15, 0.2) is 24.3 Å². The first kappa shape index (κ1) is 15.8. The molecule has 16 heavy (non-hydrogen) atoms. The van der Waals surface area contributed by atoms with Gasteiger partial charge >= 0.3 is 0 Å². The second-order valence-corrected chi connectivity index (χ2v) is 4.83. The number of nitrogens with zero attached hydrogens (tertiary/aromatic N) is 1. The van der Waals surface area contributed by atoms with E-state index < -0.39 is 0 Å². The average Bonchev–Trinajstić information content (AvgIpc) is 2.18.